The molecular formula is C29H33N3O5. The van der Waals surface area contributed by atoms with Gasteiger partial charge < -0.3 is 19.1 Å². The zero-order chi connectivity index (χ0) is 26.1. The van der Waals surface area contributed by atoms with Gasteiger partial charge in [0.25, 0.3) is 0 Å². The molecule has 2 aliphatic rings. The molecule has 1 atom stereocenters. The van der Waals surface area contributed by atoms with E-state index in [-0.39, 0.29) is 24.1 Å². The molecule has 0 radical (unpaired) electrons. The lowest BCUT2D eigenvalue weighted by Crippen LogP contribution is -2.42. The summed E-state index contributed by atoms with van der Waals surface area (Å²) < 4.78 is 13.6. The minimum absolute atomic E-state index is 0.0257. The molecule has 3 aromatic rings. The molecule has 1 amide bonds. The first-order chi connectivity index (χ1) is 17.9. The van der Waals surface area contributed by atoms with Crippen LogP contribution in [0, 0.1) is 5.92 Å². The van der Waals surface area contributed by atoms with Crippen molar-refractivity contribution in [3.8, 4) is 5.75 Å². The predicted octanol–water partition coefficient (Wildman–Crippen LogP) is 6.20. The second kappa shape index (κ2) is 10.3. The molecule has 1 saturated carbocycles. The van der Waals surface area contributed by atoms with Crippen LogP contribution in [0.5, 0.6) is 5.75 Å². The normalized spacial score (nSPS) is 22.0. The van der Waals surface area contributed by atoms with Crippen molar-refractivity contribution in [2.75, 3.05) is 12.0 Å². The van der Waals surface area contributed by atoms with Crippen molar-refractivity contribution in [1.82, 2.24) is 9.55 Å². The number of hydrogen-bond donors (Lipinski definition) is 1. The Morgan fingerprint density at radius 3 is 2.43 bits per heavy atom. The maximum Gasteiger partial charge on any atom is 0.414 e. The van der Waals surface area contributed by atoms with Gasteiger partial charge in [-0.15, -0.1) is 0 Å². The van der Waals surface area contributed by atoms with E-state index in [2.05, 4.69) is 4.57 Å². The van der Waals surface area contributed by atoms with Crippen LogP contribution < -0.4 is 9.64 Å². The van der Waals surface area contributed by atoms with Crippen LogP contribution in [-0.4, -0.2) is 39.9 Å². The number of aryl methyl sites for hydroxylation is 1. The summed E-state index contributed by atoms with van der Waals surface area (Å²) in [6, 6.07) is 13.8. The Hall–Kier alpha value is -3.81. The number of aromatic nitrogens is 2. The van der Waals surface area contributed by atoms with Gasteiger partial charge in [0.2, 0.25) is 0 Å². The molecule has 0 saturated heterocycles. The number of rotatable bonds is 5. The smallest absolute Gasteiger partial charge is 0.414 e. The van der Waals surface area contributed by atoms with Crippen molar-refractivity contribution in [3.63, 3.8) is 0 Å². The molecule has 8 nitrogen and oxygen atoms in total. The summed E-state index contributed by atoms with van der Waals surface area (Å²) in [5.41, 5.74) is 3.68. The highest BCUT2D eigenvalue weighted by Crippen LogP contribution is 2.41. The van der Waals surface area contributed by atoms with E-state index in [1.54, 1.807) is 4.90 Å². The van der Waals surface area contributed by atoms with E-state index in [0.29, 0.717) is 18.6 Å². The number of nitrogens with zero attached hydrogens (tertiary/aromatic N) is 3. The van der Waals surface area contributed by atoms with E-state index in [1.807, 2.05) is 62.4 Å². The monoisotopic (exact) mass is 503 g/mol. The molecule has 5 rings (SSSR count). The van der Waals surface area contributed by atoms with E-state index in [1.165, 1.54) is 7.11 Å². The van der Waals surface area contributed by atoms with Crippen LogP contribution in [0.2, 0.25) is 0 Å². The van der Waals surface area contributed by atoms with Crippen LogP contribution in [0.15, 0.2) is 48.5 Å². The summed E-state index contributed by atoms with van der Waals surface area (Å²) in [5, 5.41) is 9.52. The van der Waals surface area contributed by atoms with Crippen molar-refractivity contribution in [1.29, 1.82) is 0 Å². The summed E-state index contributed by atoms with van der Waals surface area (Å²) in [7, 11) is 1.40. The molecule has 2 heterocycles. The van der Waals surface area contributed by atoms with E-state index < -0.39 is 5.97 Å². The zero-order valence-corrected chi connectivity index (χ0v) is 21.5. The first-order valence-corrected chi connectivity index (χ1v) is 13.0. The molecule has 1 aliphatic heterocycles. The number of anilines is 1. The fraction of sp³-hybridized carbons (Fsp3) is 0.414. The van der Waals surface area contributed by atoms with Gasteiger partial charge >= 0.3 is 12.1 Å². The fourth-order valence-electron chi connectivity index (χ4n) is 5.75. The summed E-state index contributed by atoms with van der Waals surface area (Å²) in [6.45, 7) is 3.96. The number of carbonyl (C=O) groups excluding carboxylic acids is 1. The average molecular weight is 504 g/mol. The molecule has 1 fully saturated rings. The van der Waals surface area contributed by atoms with Crippen LogP contribution in [0.25, 0.3) is 16.8 Å². The van der Waals surface area contributed by atoms with Gasteiger partial charge in [0.1, 0.15) is 5.75 Å². The number of carboxylic acids is 1. The van der Waals surface area contributed by atoms with Crippen molar-refractivity contribution < 1.29 is 24.2 Å². The number of fused-ring (bicyclic) bond motifs is 3. The van der Waals surface area contributed by atoms with Gasteiger partial charge in [-0.25, -0.2) is 9.78 Å². The lowest BCUT2D eigenvalue weighted by Gasteiger charge is -2.34. The second-order valence-electron chi connectivity index (χ2n) is 9.88. The van der Waals surface area contributed by atoms with Crippen LogP contribution in [0.4, 0.5) is 10.5 Å². The van der Waals surface area contributed by atoms with Crippen molar-refractivity contribution in [2.24, 2.45) is 5.92 Å². The number of aliphatic carboxylic acids is 1. The summed E-state index contributed by atoms with van der Waals surface area (Å²) in [5.74, 6) is 1.06. The van der Waals surface area contributed by atoms with E-state index in [0.717, 1.165) is 59.5 Å². The summed E-state index contributed by atoms with van der Waals surface area (Å²) >= 11 is 0. The predicted molar refractivity (Wildman–Crippen MR) is 142 cm³/mol. The topological polar surface area (TPSA) is 93.9 Å². The first-order valence-electron chi connectivity index (χ1n) is 13.0. The van der Waals surface area contributed by atoms with Crippen molar-refractivity contribution in [3.05, 3.63) is 59.9 Å². The molecule has 37 heavy (non-hydrogen) atoms. The van der Waals surface area contributed by atoms with Crippen LogP contribution in [0.3, 0.4) is 0 Å². The summed E-state index contributed by atoms with van der Waals surface area (Å²) in [4.78, 5) is 31.1. The molecule has 8 heteroatoms. The van der Waals surface area contributed by atoms with Gasteiger partial charge in [-0.1, -0.05) is 18.2 Å². The van der Waals surface area contributed by atoms with Crippen LogP contribution in [-0.2, 0) is 16.0 Å². The van der Waals surface area contributed by atoms with Crippen LogP contribution >= 0.6 is 0 Å². The SMILES string of the molecule is C/C=C(/Oc1ccccc1)c1nc2c3c(ccc2n1C1CCC(C(=O)O)CC1)N(C(=O)OC)[C@@H](C)CC3. The number of para-hydroxylation sites is 1. The highest BCUT2D eigenvalue weighted by Gasteiger charge is 2.34. The number of benzene rings is 2. The molecule has 0 bridgehead atoms. The standard InChI is InChI=1S/C29H33N3O5/c1-4-25(37-21-8-6-5-7-9-21)27-30-26-22-15-10-18(2)31(29(35)36-3)23(22)16-17-24(26)32(27)20-13-11-19(12-14-20)28(33)34/h4-9,16-20H,10-15H2,1-3H3,(H,33,34)/b25-4+/t18-,19?,20?/m0/s1. The maximum absolute atomic E-state index is 12.6. The quantitative estimate of drug-likeness (QED) is 0.417. The van der Waals surface area contributed by atoms with Gasteiger partial charge in [-0.3, -0.25) is 9.69 Å². The Balaban J connectivity index is 1.64. The van der Waals surface area contributed by atoms with Gasteiger partial charge in [0, 0.05) is 17.6 Å². The molecule has 1 aliphatic carbocycles. The second-order valence-corrected chi connectivity index (χ2v) is 9.88. The van der Waals surface area contributed by atoms with Crippen molar-refractivity contribution in [2.45, 2.75) is 64.5 Å². The number of carbonyl (C=O) groups is 2. The van der Waals surface area contributed by atoms with Gasteiger partial charge in [-0.2, -0.15) is 0 Å². The molecular weight excluding hydrogens is 470 g/mol. The Labute approximate surface area is 216 Å². The molecule has 0 spiro atoms. The summed E-state index contributed by atoms with van der Waals surface area (Å²) in [6.07, 6.45) is 5.91. The molecule has 1 N–H and O–H groups in total. The molecule has 2 aromatic carbocycles. The molecule has 1 aromatic heterocycles. The number of ether oxygens (including phenoxy) is 2. The average Bonchev–Trinajstić information content (AvgIpc) is 3.31. The number of allylic oxidation sites excluding steroid dienone is 1. The number of methoxy groups -OCH3 is 1. The fourth-order valence-corrected chi connectivity index (χ4v) is 5.75. The lowest BCUT2D eigenvalue weighted by molar-refractivity contribution is -0.143. The highest BCUT2D eigenvalue weighted by atomic mass is 16.5. The van der Waals surface area contributed by atoms with Crippen molar-refractivity contribution >= 4 is 34.5 Å². The lowest BCUT2D eigenvalue weighted by atomic mass is 9.86. The molecule has 0 unspecified atom stereocenters. The maximum atomic E-state index is 12.6. The third-order valence-corrected chi connectivity index (χ3v) is 7.69. The zero-order valence-electron chi connectivity index (χ0n) is 21.5. The number of hydrogen-bond acceptors (Lipinski definition) is 5. The molecule has 194 valence electrons. The number of imidazole rings is 1. The Morgan fingerprint density at radius 1 is 1.05 bits per heavy atom. The third-order valence-electron chi connectivity index (χ3n) is 7.69. The minimum atomic E-state index is -0.721. The Kier molecular flexibility index (Phi) is 6.91. The Morgan fingerprint density at radius 2 is 1.78 bits per heavy atom. The van der Waals surface area contributed by atoms with E-state index in [4.69, 9.17) is 14.5 Å². The third kappa shape index (κ3) is 4.56. The van der Waals surface area contributed by atoms with Gasteiger partial charge in [0.05, 0.1) is 29.7 Å². The highest BCUT2D eigenvalue weighted by molar-refractivity contribution is 5.96. The number of carboxylic acid groups (broad SMARTS) is 1. The minimum Gasteiger partial charge on any atom is -0.481 e. The van der Waals surface area contributed by atoms with E-state index >= 15 is 0 Å². The largest absolute Gasteiger partial charge is 0.481 e. The van der Waals surface area contributed by atoms with E-state index in [9.17, 15) is 14.7 Å². The number of amides is 1. The van der Waals surface area contributed by atoms with Gasteiger partial charge in [-0.05, 0) is 82.7 Å². The van der Waals surface area contributed by atoms with Gasteiger partial charge in [0.15, 0.2) is 11.6 Å². The Bertz CT molecular complexity index is 1340. The first kappa shape index (κ1) is 24.9. The van der Waals surface area contributed by atoms with Crippen LogP contribution in [0.1, 0.15) is 63.4 Å².